The van der Waals surface area contributed by atoms with Crippen molar-refractivity contribution >= 4 is 33.7 Å². The Hall–Kier alpha value is -2.53. The van der Waals surface area contributed by atoms with Crippen LogP contribution in [0.2, 0.25) is 0 Å². The van der Waals surface area contributed by atoms with E-state index in [1.165, 1.54) is 13.2 Å². The fraction of sp³-hybridized carbons (Fsp3) is 0.0556. The topological polar surface area (TPSA) is 55.8 Å². The number of esters is 1. The van der Waals surface area contributed by atoms with Crippen LogP contribution in [0, 0.1) is 0 Å². The van der Waals surface area contributed by atoms with Crippen molar-refractivity contribution in [2.75, 3.05) is 7.11 Å². The molecule has 0 aromatic heterocycles. The van der Waals surface area contributed by atoms with Crippen molar-refractivity contribution in [3.05, 3.63) is 69.7 Å². The molecule has 0 fully saturated rings. The first-order valence-electron chi connectivity index (χ1n) is 6.85. The highest BCUT2D eigenvalue weighted by Gasteiger charge is 2.22. The average Bonchev–Trinajstić information content (AvgIpc) is 2.91. The van der Waals surface area contributed by atoms with E-state index in [0.29, 0.717) is 17.1 Å². The molecule has 2 aromatic rings. The van der Waals surface area contributed by atoms with E-state index in [2.05, 4.69) is 15.9 Å². The van der Waals surface area contributed by atoms with E-state index in [9.17, 15) is 9.90 Å². The van der Waals surface area contributed by atoms with Gasteiger partial charge in [0.25, 0.3) is 0 Å². The van der Waals surface area contributed by atoms with Gasteiger partial charge < -0.3 is 14.6 Å². The van der Waals surface area contributed by atoms with Crippen molar-refractivity contribution in [1.82, 2.24) is 0 Å². The predicted octanol–water partition coefficient (Wildman–Crippen LogP) is 4.14. The highest BCUT2D eigenvalue weighted by molar-refractivity contribution is 9.10. The minimum atomic E-state index is -0.407. The van der Waals surface area contributed by atoms with Gasteiger partial charge in [0.2, 0.25) is 0 Å². The van der Waals surface area contributed by atoms with Crippen LogP contribution in [0.1, 0.15) is 11.1 Å². The number of carbonyl (C=O) groups excluding carboxylic acids is 1. The molecular formula is C18H13BrO4. The van der Waals surface area contributed by atoms with E-state index < -0.39 is 5.97 Å². The minimum Gasteiger partial charge on any atom is -0.504 e. The van der Waals surface area contributed by atoms with Crippen molar-refractivity contribution in [3.8, 4) is 11.5 Å². The van der Waals surface area contributed by atoms with Crippen LogP contribution >= 0.6 is 15.9 Å². The number of benzene rings is 2. The third kappa shape index (κ3) is 3.29. The molecule has 1 aliphatic rings. The average molecular weight is 373 g/mol. The van der Waals surface area contributed by atoms with Crippen LogP contribution in [0.4, 0.5) is 0 Å². The second-order valence-electron chi connectivity index (χ2n) is 4.94. The number of hydrogen-bond acceptors (Lipinski definition) is 4. The quantitative estimate of drug-likeness (QED) is 0.649. The lowest BCUT2D eigenvalue weighted by molar-refractivity contribution is -0.130. The first-order chi connectivity index (χ1) is 11.1. The lowest BCUT2D eigenvalue weighted by atomic mass is 10.1. The molecule has 0 aliphatic carbocycles. The van der Waals surface area contributed by atoms with Gasteiger partial charge >= 0.3 is 5.97 Å². The molecule has 3 rings (SSSR count). The molecule has 0 amide bonds. The molecule has 0 saturated carbocycles. The number of rotatable bonds is 3. The van der Waals surface area contributed by atoms with E-state index in [1.807, 2.05) is 24.3 Å². The van der Waals surface area contributed by atoms with Crippen LogP contribution in [0.3, 0.4) is 0 Å². The first kappa shape index (κ1) is 15.4. The summed E-state index contributed by atoms with van der Waals surface area (Å²) >= 11 is 3.37. The molecule has 1 N–H and O–H groups in total. The summed E-state index contributed by atoms with van der Waals surface area (Å²) in [6.45, 7) is 0. The molecule has 0 spiro atoms. The number of halogens is 1. The van der Waals surface area contributed by atoms with Crippen LogP contribution in [-0.4, -0.2) is 18.2 Å². The second-order valence-corrected chi connectivity index (χ2v) is 5.85. The van der Waals surface area contributed by atoms with Gasteiger partial charge in [-0.25, -0.2) is 4.79 Å². The van der Waals surface area contributed by atoms with Gasteiger partial charge in [-0.15, -0.1) is 0 Å². The fourth-order valence-corrected chi connectivity index (χ4v) is 2.47. The number of methoxy groups -OCH3 is 1. The van der Waals surface area contributed by atoms with Gasteiger partial charge in [-0.3, -0.25) is 0 Å². The molecule has 0 unspecified atom stereocenters. The van der Waals surface area contributed by atoms with Gasteiger partial charge in [-0.05, 0) is 42.0 Å². The Morgan fingerprint density at radius 3 is 2.61 bits per heavy atom. The zero-order chi connectivity index (χ0) is 16.4. The summed E-state index contributed by atoms with van der Waals surface area (Å²) in [7, 11) is 1.47. The van der Waals surface area contributed by atoms with Crippen molar-refractivity contribution in [2.45, 2.75) is 0 Å². The predicted molar refractivity (Wildman–Crippen MR) is 90.8 cm³/mol. The molecule has 4 nitrogen and oxygen atoms in total. The number of phenolic OH excluding ortho intramolecular Hbond substituents is 1. The molecule has 0 atom stereocenters. The Balaban J connectivity index is 1.93. The maximum Gasteiger partial charge on any atom is 0.343 e. The number of hydrogen-bond donors (Lipinski definition) is 1. The van der Waals surface area contributed by atoms with Crippen molar-refractivity contribution < 1.29 is 19.4 Å². The van der Waals surface area contributed by atoms with Gasteiger partial charge in [0.15, 0.2) is 11.5 Å². The maximum atomic E-state index is 12.0. The molecule has 23 heavy (non-hydrogen) atoms. The van der Waals surface area contributed by atoms with E-state index in [4.69, 9.17) is 9.47 Å². The van der Waals surface area contributed by atoms with Crippen molar-refractivity contribution in [3.63, 3.8) is 0 Å². The summed E-state index contributed by atoms with van der Waals surface area (Å²) < 4.78 is 11.3. The third-order valence-corrected chi connectivity index (χ3v) is 3.91. The number of cyclic esters (lactones) is 1. The molecule has 1 aliphatic heterocycles. The molecule has 0 bridgehead atoms. The van der Waals surface area contributed by atoms with E-state index in [-0.39, 0.29) is 5.75 Å². The first-order valence-corrected chi connectivity index (χ1v) is 7.64. The van der Waals surface area contributed by atoms with E-state index in [1.54, 1.807) is 24.3 Å². The van der Waals surface area contributed by atoms with Crippen LogP contribution < -0.4 is 4.74 Å². The highest BCUT2D eigenvalue weighted by Crippen LogP contribution is 2.31. The Kier molecular flexibility index (Phi) is 4.21. The zero-order valence-electron chi connectivity index (χ0n) is 12.2. The maximum absolute atomic E-state index is 12.0. The SMILES string of the molecule is COc1cc(C=C2C=C(c3ccc(Br)cc3)OC2=O)ccc1O. The van der Waals surface area contributed by atoms with E-state index >= 15 is 0 Å². The van der Waals surface area contributed by atoms with Crippen LogP contribution in [0.15, 0.2) is 58.6 Å². The summed E-state index contributed by atoms with van der Waals surface area (Å²) in [5.74, 6) is 0.507. The Bertz CT molecular complexity index is 819. The zero-order valence-corrected chi connectivity index (χ0v) is 13.8. The Labute approximate surface area is 141 Å². The lowest BCUT2D eigenvalue weighted by Crippen LogP contribution is -1.97. The van der Waals surface area contributed by atoms with Gasteiger partial charge in [0.05, 0.1) is 12.7 Å². The molecule has 5 heteroatoms. The summed E-state index contributed by atoms with van der Waals surface area (Å²) in [4.78, 5) is 12.0. The molecule has 2 aromatic carbocycles. The van der Waals surface area contributed by atoms with Gasteiger partial charge in [-0.2, -0.15) is 0 Å². The van der Waals surface area contributed by atoms with Gasteiger partial charge in [-0.1, -0.05) is 34.1 Å². The second kappa shape index (κ2) is 6.30. The molecule has 0 saturated heterocycles. The largest absolute Gasteiger partial charge is 0.504 e. The Morgan fingerprint density at radius 1 is 1.17 bits per heavy atom. The van der Waals surface area contributed by atoms with Crippen molar-refractivity contribution in [1.29, 1.82) is 0 Å². The van der Waals surface area contributed by atoms with E-state index in [0.717, 1.165) is 15.6 Å². The smallest absolute Gasteiger partial charge is 0.343 e. The highest BCUT2D eigenvalue weighted by atomic mass is 79.9. The summed E-state index contributed by atoms with van der Waals surface area (Å²) in [6.07, 6.45) is 3.39. The van der Waals surface area contributed by atoms with Gasteiger partial charge in [0, 0.05) is 10.0 Å². The monoisotopic (exact) mass is 372 g/mol. The summed E-state index contributed by atoms with van der Waals surface area (Å²) in [5, 5.41) is 9.61. The standard InChI is InChI=1S/C18H13BrO4/c1-22-17-9-11(2-7-15(17)20)8-13-10-16(23-18(13)21)12-3-5-14(19)6-4-12/h2-10,20H,1H3. The number of carbonyl (C=O) groups is 1. The Morgan fingerprint density at radius 2 is 1.91 bits per heavy atom. The third-order valence-electron chi connectivity index (χ3n) is 3.38. The van der Waals surface area contributed by atoms with Crippen LogP contribution in [0.5, 0.6) is 11.5 Å². The molecule has 0 radical (unpaired) electrons. The molecular weight excluding hydrogens is 360 g/mol. The normalized spacial score (nSPS) is 15.5. The summed E-state index contributed by atoms with van der Waals surface area (Å²) in [5.41, 5.74) is 2.00. The summed E-state index contributed by atoms with van der Waals surface area (Å²) in [6, 6.07) is 12.4. The number of phenols is 1. The number of ether oxygens (including phenoxy) is 2. The number of aromatic hydroxyl groups is 1. The van der Waals surface area contributed by atoms with Crippen molar-refractivity contribution in [2.24, 2.45) is 0 Å². The van der Waals surface area contributed by atoms with Crippen LogP contribution in [-0.2, 0) is 9.53 Å². The minimum absolute atomic E-state index is 0.0507. The molecule has 116 valence electrons. The molecule has 1 heterocycles. The van der Waals surface area contributed by atoms with Crippen LogP contribution in [0.25, 0.3) is 11.8 Å². The lowest BCUT2D eigenvalue weighted by Gasteiger charge is -2.03. The van der Waals surface area contributed by atoms with Gasteiger partial charge in [0.1, 0.15) is 5.76 Å². The fourth-order valence-electron chi connectivity index (χ4n) is 2.21.